The fourth-order valence-corrected chi connectivity index (χ4v) is 2.87. The molecule has 0 aromatic carbocycles. The molecule has 1 fully saturated rings. The van der Waals surface area contributed by atoms with Crippen LogP contribution in [0.5, 0.6) is 0 Å². The van der Waals surface area contributed by atoms with Crippen LogP contribution in [0.4, 0.5) is 13.2 Å². The van der Waals surface area contributed by atoms with Crippen LogP contribution in [0.15, 0.2) is 21.3 Å². The summed E-state index contributed by atoms with van der Waals surface area (Å²) >= 11 is 1.42. The molecule has 5 nitrogen and oxygen atoms in total. The van der Waals surface area contributed by atoms with Gasteiger partial charge in [-0.3, -0.25) is 4.79 Å². The fraction of sp³-hybridized carbons (Fsp3) is 0.417. The Hall–Kier alpha value is -1.90. The third-order valence-electron chi connectivity index (χ3n) is 3.29. The van der Waals surface area contributed by atoms with Gasteiger partial charge in [0.25, 0.3) is 5.91 Å². The highest BCUT2D eigenvalue weighted by Crippen LogP contribution is 2.31. The lowest BCUT2D eigenvalue weighted by molar-refractivity contribution is -0.159. The molecule has 3 rings (SSSR count). The van der Waals surface area contributed by atoms with E-state index in [4.69, 9.17) is 0 Å². The summed E-state index contributed by atoms with van der Waals surface area (Å²) in [6.07, 6.45) is -4.12. The Morgan fingerprint density at radius 2 is 2.29 bits per heavy atom. The van der Waals surface area contributed by atoms with Gasteiger partial charge in [-0.25, -0.2) is 0 Å². The molecule has 9 heteroatoms. The summed E-state index contributed by atoms with van der Waals surface area (Å²) in [6.45, 7) is 0.765. The molecule has 0 N–H and O–H groups in total. The molecule has 112 valence electrons. The van der Waals surface area contributed by atoms with Crippen molar-refractivity contribution in [1.29, 1.82) is 0 Å². The molecule has 1 unspecified atom stereocenters. The molecule has 0 saturated carbocycles. The number of likely N-dealkylation sites (tertiary alicyclic amines) is 1. The molecule has 1 amide bonds. The second-order valence-electron chi connectivity index (χ2n) is 4.70. The van der Waals surface area contributed by atoms with E-state index in [-0.39, 0.29) is 17.6 Å². The molecule has 1 atom stereocenters. The van der Waals surface area contributed by atoms with Gasteiger partial charge in [-0.2, -0.15) is 29.5 Å². The lowest BCUT2D eigenvalue weighted by Crippen LogP contribution is -2.28. The van der Waals surface area contributed by atoms with E-state index in [9.17, 15) is 18.0 Å². The van der Waals surface area contributed by atoms with Gasteiger partial charge in [0.1, 0.15) is 0 Å². The predicted molar refractivity (Wildman–Crippen MR) is 66.9 cm³/mol. The summed E-state index contributed by atoms with van der Waals surface area (Å²) in [4.78, 5) is 17.1. The molecule has 2 aromatic heterocycles. The van der Waals surface area contributed by atoms with Crippen molar-refractivity contribution < 1.29 is 22.5 Å². The zero-order valence-electron chi connectivity index (χ0n) is 10.6. The molecule has 1 aliphatic heterocycles. The molecule has 0 bridgehead atoms. The fourth-order valence-electron chi connectivity index (χ4n) is 2.24. The quantitative estimate of drug-likeness (QED) is 0.854. The Bertz CT molecular complexity index is 638. The van der Waals surface area contributed by atoms with Crippen LogP contribution in [0.1, 0.15) is 34.4 Å². The minimum Gasteiger partial charge on any atom is -0.338 e. The first kappa shape index (κ1) is 14.1. The number of amides is 1. The van der Waals surface area contributed by atoms with Crippen molar-refractivity contribution in [2.45, 2.75) is 18.5 Å². The second kappa shape index (κ2) is 5.14. The van der Waals surface area contributed by atoms with Gasteiger partial charge in [0.05, 0.1) is 5.56 Å². The Balaban J connectivity index is 1.70. The van der Waals surface area contributed by atoms with E-state index in [0.29, 0.717) is 25.1 Å². The van der Waals surface area contributed by atoms with E-state index in [2.05, 4.69) is 14.7 Å². The molecular formula is C12H10F3N3O2S. The van der Waals surface area contributed by atoms with Gasteiger partial charge < -0.3 is 9.42 Å². The molecule has 0 aliphatic carbocycles. The topological polar surface area (TPSA) is 59.2 Å². The largest absolute Gasteiger partial charge is 0.471 e. The maximum atomic E-state index is 12.4. The number of nitrogens with zero attached hydrogens (tertiary/aromatic N) is 3. The normalized spacial score (nSPS) is 19.2. The lowest BCUT2D eigenvalue weighted by Gasteiger charge is -2.14. The first-order valence-electron chi connectivity index (χ1n) is 6.17. The van der Waals surface area contributed by atoms with Crippen LogP contribution in [-0.2, 0) is 6.18 Å². The van der Waals surface area contributed by atoms with Crippen LogP contribution in [-0.4, -0.2) is 34.0 Å². The average Bonchev–Trinajstić information content (AvgIpc) is 3.17. The minimum atomic E-state index is -4.64. The summed E-state index contributed by atoms with van der Waals surface area (Å²) in [5, 5.41) is 6.92. The maximum absolute atomic E-state index is 12.4. The van der Waals surface area contributed by atoms with E-state index in [1.54, 1.807) is 21.7 Å². The van der Waals surface area contributed by atoms with E-state index in [0.717, 1.165) is 0 Å². The number of carbonyl (C=O) groups excluding carboxylic acids is 1. The number of thiophene rings is 1. The highest BCUT2D eigenvalue weighted by atomic mass is 32.1. The molecular weight excluding hydrogens is 307 g/mol. The molecule has 21 heavy (non-hydrogen) atoms. The summed E-state index contributed by atoms with van der Waals surface area (Å²) in [6, 6.07) is 1.72. The summed E-state index contributed by atoms with van der Waals surface area (Å²) in [5.41, 5.74) is 0.588. The Morgan fingerprint density at radius 1 is 1.48 bits per heavy atom. The third-order valence-corrected chi connectivity index (χ3v) is 3.98. The van der Waals surface area contributed by atoms with Crippen molar-refractivity contribution in [2.24, 2.45) is 0 Å². The number of hydrogen-bond acceptors (Lipinski definition) is 5. The van der Waals surface area contributed by atoms with E-state index >= 15 is 0 Å². The van der Waals surface area contributed by atoms with Crippen molar-refractivity contribution in [3.8, 4) is 0 Å². The van der Waals surface area contributed by atoms with Crippen LogP contribution in [0.3, 0.4) is 0 Å². The smallest absolute Gasteiger partial charge is 0.338 e. The Labute approximate surface area is 121 Å². The molecule has 1 aliphatic rings. The monoisotopic (exact) mass is 317 g/mol. The predicted octanol–water partition coefficient (Wildman–Crippen LogP) is 2.78. The molecule has 0 spiro atoms. The summed E-state index contributed by atoms with van der Waals surface area (Å²) in [7, 11) is 0. The van der Waals surface area contributed by atoms with Gasteiger partial charge in [-0.1, -0.05) is 5.16 Å². The highest BCUT2D eigenvalue weighted by Gasteiger charge is 2.40. The van der Waals surface area contributed by atoms with Gasteiger partial charge in [-0.05, 0) is 17.9 Å². The van der Waals surface area contributed by atoms with Gasteiger partial charge in [0, 0.05) is 24.4 Å². The number of halogens is 3. The van der Waals surface area contributed by atoms with Gasteiger partial charge >= 0.3 is 12.1 Å². The third kappa shape index (κ3) is 2.78. The maximum Gasteiger partial charge on any atom is 0.471 e. The van der Waals surface area contributed by atoms with Crippen molar-refractivity contribution in [3.05, 3.63) is 34.1 Å². The van der Waals surface area contributed by atoms with Crippen LogP contribution in [0, 0.1) is 0 Å². The molecule has 0 radical (unpaired) electrons. The summed E-state index contributed by atoms with van der Waals surface area (Å²) < 4.78 is 41.5. The zero-order chi connectivity index (χ0) is 15.0. The first-order chi connectivity index (χ1) is 9.95. The van der Waals surface area contributed by atoms with Crippen molar-refractivity contribution in [2.75, 3.05) is 13.1 Å². The molecule has 1 saturated heterocycles. The number of aromatic nitrogens is 2. The Kier molecular flexibility index (Phi) is 3.44. The second-order valence-corrected chi connectivity index (χ2v) is 5.48. The number of alkyl halides is 3. The highest BCUT2D eigenvalue weighted by molar-refractivity contribution is 7.08. The number of carbonyl (C=O) groups is 1. The molecule has 3 heterocycles. The number of hydrogen-bond donors (Lipinski definition) is 0. The van der Waals surface area contributed by atoms with E-state index < -0.39 is 12.1 Å². The van der Waals surface area contributed by atoms with Crippen molar-refractivity contribution >= 4 is 17.2 Å². The van der Waals surface area contributed by atoms with Gasteiger partial charge in [0.2, 0.25) is 0 Å². The minimum absolute atomic E-state index is 0.00273. The number of rotatable bonds is 2. The summed E-state index contributed by atoms with van der Waals surface area (Å²) in [5.74, 6) is -1.80. The van der Waals surface area contributed by atoms with Gasteiger partial charge in [-0.15, -0.1) is 0 Å². The average molecular weight is 317 g/mol. The standard InChI is InChI=1S/C12H10F3N3O2S/c13-12(14,15)11-16-9(17-20-11)7-1-3-18(5-7)10(19)8-2-4-21-6-8/h2,4,6-7H,1,3,5H2. The zero-order valence-corrected chi connectivity index (χ0v) is 11.4. The SMILES string of the molecule is O=C(c1ccsc1)N1CCC(c2noc(C(F)(F)F)n2)C1. The van der Waals surface area contributed by atoms with E-state index in [1.807, 2.05) is 0 Å². The Morgan fingerprint density at radius 3 is 2.90 bits per heavy atom. The van der Waals surface area contributed by atoms with Crippen LogP contribution in [0.25, 0.3) is 0 Å². The van der Waals surface area contributed by atoms with Crippen LogP contribution < -0.4 is 0 Å². The molecule has 2 aromatic rings. The van der Waals surface area contributed by atoms with Crippen LogP contribution >= 0.6 is 11.3 Å². The lowest BCUT2D eigenvalue weighted by atomic mass is 10.1. The van der Waals surface area contributed by atoms with Crippen molar-refractivity contribution in [1.82, 2.24) is 15.0 Å². The first-order valence-corrected chi connectivity index (χ1v) is 7.11. The van der Waals surface area contributed by atoms with E-state index in [1.165, 1.54) is 11.3 Å². The van der Waals surface area contributed by atoms with Crippen molar-refractivity contribution in [3.63, 3.8) is 0 Å². The van der Waals surface area contributed by atoms with Crippen LogP contribution in [0.2, 0.25) is 0 Å². The van der Waals surface area contributed by atoms with Gasteiger partial charge in [0.15, 0.2) is 5.82 Å².